The molecule has 0 spiro atoms. The summed E-state index contributed by atoms with van der Waals surface area (Å²) in [4.78, 5) is 26.1. The number of nitrogens with one attached hydrogen (secondary N) is 2. The SMILES string of the molecule is O=C(Nc1ccc(NC(=O)c2ccc(-c3ccc(Cl)cc3)s2)cc1)c1ccco1. The van der Waals surface area contributed by atoms with Crippen LogP contribution in [0.25, 0.3) is 10.4 Å². The van der Waals surface area contributed by atoms with E-state index in [1.807, 2.05) is 30.3 Å². The molecule has 4 rings (SSSR count). The zero-order valence-corrected chi connectivity index (χ0v) is 16.6. The third-order valence-corrected chi connectivity index (χ3v) is 5.49. The number of halogens is 1. The second-order valence-electron chi connectivity index (χ2n) is 6.13. The number of hydrogen-bond acceptors (Lipinski definition) is 4. The smallest absolute Gasteiger partial charge is 0.291 e. The Kier molecular flexibility index (Phi) is 5.46. The van der Waals surface area contributed by atoms with E-state index in [1.54, 1.807) is 42.5 Å². The summed E-state index contributed by atoms with van der Waals surface area (Å²) in [5, 5.41) is 6.26. The number of hydrogen-bond donors (Lipinski definition) is 2. The fourth-order valence-corrected chi connectivity index (χ4v) is 3.69. The van der Waals surface area contributed by atoms with Gasteiger partial charge in [-0.15, -0.1) is 11.3 Å². The van der Waals surface area contributed by atoms with E-state index >= 15 is 0 Å². The van der Waals surface area contributed by atoms with Crippen molar-refractivity contribution in [2.75, 3.05) is 10.6 Å². The molecular formula is C22H15ClN2O3S. The van der Waals surface area contributed by atoms with Gasteiger partial charge >= 0.3 is 0 Å². The molecule has 0 radical (unpaired) electrons. The molecule has 5 nitrogen and oxygen atoms in total. The first-order valence-electron chi connectivity index (χ1n) is 8.70. The molecule has 0 aliphatic heterocycles. The molecule has 0 bridgehead atoms. The molecule has 2 heterocycles. The zero-order valence-electron chi connectivity index (χ0n) is 15.0. The third-order valence-electron chi connectivity index (χ3n) is 4.10. The topological polar surface area (TPSA) is 71.3 Å². The fraction of sp³-hybridized carbons (Fsp3) is 0. The van der Waals surface area contributed by atoms with Crippen molar-refractivity contribution in [1.29, 1.82) is 0 Å². The second-order valence-corrected chi connectivity index (χ2v) is 7.65. The maximum absolute atomic E-state index is 12.5. The fourth-order valence-electron chi connectivity index (χ4n) is 2.66. The minimum atomic E-state index is -0.333. The summed E-state index contributed by atoms with van der Waals surface area (Å²) in [6.45, 7) is 0. The van der Waals surface area contributed by atoms with Crippen LogP contribution in [0, 0.1) is 0 Å². The van der Waals surface area contributed by atoms with Crippen molar-refractivity contribution >= 4 is 46.1 Å². The van der Waals surface area contributed by atoms with Gasteiger partial charge in [0.1, 0.15) is 0 Å². The van der Waals surface area contributed by atoms with Gasteiger partial charge in [-0.3, -0.25) is 9.59 Å². The van der Waals surface area contributed by atoms with Gasteiger partial charge in [0, 0.05) is 21.3 Å². The number of benzene rings is 2. The normalized spacial score (nSPS) is 10.5. The average molecular weight is 423 g/mol. The van der Waals surface area contributed by atoms with Crippen LogP contribution in [0.1, 0.15) is 20.2 Å². The highest BCUT2D eigenvalue weighted by Crippen LogP contribution is 2.29. The van der Waals surface area contributed by atoms with Gasteiger partial charge in [-0.25, -0.2) is 0 Å². The Balaban J connectivity index is 1.39. The predicted molar refractivity (Wildman–Crippen MR) is 116 cm³/mol. The lowest BCUT2D eigenvalue weighted by Gasteiger charge is -2.06. The minimum absolute atomic E-state index is 0.192. The van der Waals surface area contributed by atoms with Gasteiger partial charge in [0.25, 0.3) is 11.8 Å². The van der Waals surface area contributed by atoms with E-state index < -0.39 is 0 Å². The number of thiophene rings is 1. The van der Waals surface area contributed by atoms with Crippen LogP contribution < -0.4 is 10.6 Å². The van der Waals surface area contributed by atoms with Crippen molar-refractivity contribution in [3.05, 3.63) is 94.7 Å². The molecule has 0 aliphatic rings. The van der Waals surface area contributed by atoms with E-state index in [1.165, 1.54) is 17.6 Å². The highest BCUT2D eigenvalue weighted by molar-refractivity contribution is 7.17. The standard InChI is InChI=1S/C22H15ClN2O3S/c23-15-5-3-14(4-6-15)19-11-12-20(29-19)22(27)25-17-9-7-16(8-10-17)24-21(26)18-2-1-13-28-18/h1-13H,(H,24,26)(H,25,27). The number of anilines is 2. The van der Waals surface area contributed by atoms with E-state index in [0.717, 1.165) is 10.4 Å². The number of rotatable bonds is 5. The molecule has 2 N–H and O–H groups in total. The van der Waals surface area contributed by atoms with Crippen LogP contribution in [0.15, 0.2) is 83.5 Å². The first kappa shape index (κ1) is 19.0. The Hall–Kier alpha value is -3.35. The Morgan fingerprint density at radius 3 is 2.07 bits per heavy atom. The minimum Gasteiger partial charge on any atom is -0.459 e. The maximum Gasteiger partial charge on any atom is 0.291 e. The van der Waals surface area contributed by atoms with E-state index in [2.05, 4.69) is 10.6 Å². The van der Waals surface area contributed by atoms with Crippen LogP contribution in [0.4, 0.5) is 11.4 Å². The lowest BCUT2D eigenvalue weighted by atomic mass is 10.2. The number of furan rings is 1. The molecule has 0 saturated carbocycles. The van der Waals surface area contributed by atoms with E-state index in [4.69, 9.17) is 16.0 Å². The predicted octanol–water partition coefficient (Wildman–Crippen LogP) is 6.17. The van der Waals surface area contributed by atoms with Crippen LogP contribution >= 0.6 is 22.9 Å². The number of amides is 2. The Morgan fingerprint density at radius 2 is 1.45 bits per heavy atom. The molecule has 0 saturated heterocycles. The van der Waals surface area contributed by atoms with E-state index in [9.17, 15) is 9.59 Å². The number of carbonyl (C=O) groups excluding carboxylic acids is 2. The molecule has 29 heavy (non-hydrogen) atoms. The quantitative estimate of drug-likeness (QED) is 0.404. The van der Waals surface area contributed by atoms with Crippen molar-refractivity contribution in [3.8, 4) is 10.4 Å². The molecule has 0 unspecified atom stereocenters. The summed E-state index contributed by atoms with van der Waals surface area (Å²) >= 11 is 7.33. The van der Waals surface area contributed by atoms with Gasteiger partial charge in [-0.05, 0) is 66.2 Å². The summed E-state index contributed by atoms with van der Waals surface area (Å²) in [6.07, 6.45) is 1.44. The van der Waals surface area contributed by atoms with Gasteiger partial charge in [0.15, 0.2) is 5.76 Å². The average Bonchev–Trinajstić information content (AvgIpc) is 3.42. The molecule has 2 aromatic heterocycles. The van der Waals surface area contributed by atoms with Crippen molar-refractivity contribution in [3.63, 3.8) is 0 Å². The molecular weight excluding hydrogens is 408 g/mol. The Morgan fingerprint density at radius 1 is 0.793 bits per heavy atom. The van der Waals surface area contributed by atoms with Crippen molar-refractivity contribution in [2.45, 2.75) is 0 Å². The summed E-state index contributed by atoms with van der Waals surface area (Å²) in [5.41, 5.74) is 2.24. The summed E-state index contributed by atoms with van der Waals surface area (Å²) in [5.74, 6) is -0.292. The van der Waals surface area contributed by atoms with Crippen molar-refractivity contribution in [1.82, 2.24) is 0 Å². The van der Waals surface area contributed by atoms with Crippen LogP contribution in [0.2, 0.25) is 5.02 Å². The van der Waals surface area contributed by atoms with Gasteiger partial charge < -0.3 is 15.1 Å². The largest absolute Gasteiger partial charge is 0.459 e. The summed E-state index contributed by atoms with van der Waals surface area (Å²) in [6, 6.07) is 21.3. The lowest BCUT2D eigenvalue weighted by molar-refractivity contribution is 0.0994. The molecule has 2 aromatic carbocycles. The van der Waals surface area contributed by atoms with Crippen molar-refractivity contribution in [2.24, 2.45) is 0 Å². The first-order chi connectivity index (χ1) is 14.1. The van der Waals surface area contributed by atoms with Gasteiger partial charge in [-0.1, -0.05) is 23.7 Å². The third kappa shape index (κ3) is 4.56. The summed E-state index contributed by atoms with van der Waals surface area (Å²) in [7, 11) is 0. The molecule has 0 atom stereocenters. The maximum atomic E-state index is 12.5. The molecule has 2 amide bonds. The highest BCUT2D eigenvalue weighted by atomic mass is 35.5. The highest BCUT2D eigenvalue weighted by Gasteiger charge is 2.12. The Labute approximate surface area is 175 Å². The molecule has 0 fully saturated rings. The van der Waals surface area contributed by atoms with Gasteiger partial charge in [0.05, 0.1) is 11.1 Å². The second kappa shape index (κ2) is 8.34. The molecule has 144 valence electrons. The van der Waals surface area contributed by atoms with E-state index in [-0.39, 0.29) is 17.6 Å². The van der Waals surface area contributed by atoms with Crippen LogP contribution in [0.5, 0.6) is 0 Å². The summed E-state index contributed by atoms with van der Waals surface area (Å²) < 4.78 is 5.06. The van der Waals surface area contributed by atoms with E-state index in [0.29, 0.717) is 21.3 Å². The molecule has 7 heteroatoms. The van der Waals surface area contributed by atoms with Crippen LogP contribution in [-0.2, 0) is 0 Å². The first-order valence-corrected chi connectivity index (χ1v) is 9.90. The number of carbonyl (C=O) groups is 2. The van der Waals surface area contributed by atoms with Crippen LogP contribution in [-0.4, -0.2) is 11.8 Å². The molecule has 0 aliphatic carbocycles. The molecule has 4 aromatic rings. The lowest BCUT2D eigenvalue weighted by Crippen LogP contribution is -2.12. The van der Waals surface area contributed by atoms with Crippen LogP contribution in [0.3, 0.4) is 0 Å². The van der Waals surface area contributed by atoms with Crippen molar-refractivity contribution < 1.29 is 14.0 Å². The zero-order chi connectivity index (χ0) is 20.2. The van der Waals surface area contributed by atoms with Gasteiger partial charge in [0.2, 0.25) is 0 Å². The van der Waals surface area contributed by atoms with Gasteiger partial charge in [-0.2, -0.15) is 0 Å². The monoisotopic (exact) mass is 422 g/mol. The Bertz CT molecular complexity index is 1130.